The first-order chi connectivity index (χ1) is 14.4. The minimum absolute atomic E-state index is 0.0985. The first-order valence-corrected chi connectivity index (χ1v) is 10.4. The Bertz CT molecular complexity index is 841. The number of carboxylic acid groups (broad SMARTS) is 1. The molecule has 4 rings (SSSR count). The largest absolute Gasteiger partial charge is 0.478 e. The van der Waals surface area contributed by atoms with E-state index in [0.29, 0.717) is 38.4 Å². The maximum atomic E-state index is 12.9. The molecule has 0 aliphatic carbocycles. The van der Waals surface area contributed by atoms with Gasteiger partial charge in [-0.05, 0) is 50.2 Å². The molecular weight excluding hydrogens is 388 g/mol. The Morgan fingerprint density at radius 1 is 0.933 bits per heavy atom. The second-order valence-corrected chi connectivity index (χ2v) is 8.04. The number of likely N-dealkylation sites (tertiary alicyclic amines) is 1. The van der Waals surface area contributed by atoms with Gasteiger partial charge >= 0.3 is 5.97 Å². The number of benzene rings is 1. The van der Waals surface area contributed by atoms with Gasteiger partial charge in [-0.15, -0.1) is 0 Å². The highest BCUT2D eigenvalue weighted by Gasteiger charge is 2.43. The Morgan fingerprint density at radius 3 is 2.17 bits per heavy atom. The molecule has 0 spiro atoms. The molecule has 0 radical (unpaired) electrons. The second-order valence-electron chi connectivity index (χ2n) is 8.04. The first kappa shape index (κ1) is 20.5. The number of aromatic carboxylic acids is 1. The number of imide groups is 1. The van der Waals surface area contributed by atoms with Crippen molar-refractivity contribution < 1.29 is 24.3 Å². The molecule has 1 atom stereocenters. The van der Waals surface area contributed by atoms with Crippen molar-refractivity contribution >= 4 is 29.4 Å². The van der Waals surface area contributed by atoms with Gasteiger partial charge in [0.05, 0.1) is 30.3 Å². The van der Waals surface area contributed by atoms with Crippen LogP contribution in [0.15, 0.2) is 24.3 Å². The Balaban J connectivity index is 1.35. The highest BCUT2D eigenvalue weighted by molar-refractivity contribution is 6.22. The van der Waals surface area contributed by atoms with Crippen LogP contribution in [-0.4, -0.2) is 95.4 Å². The molecule has 3 saturated heterocycles. The van der Waals surface area contributed by atoms with Gasteiger partial charge in [0.2, 0.25) is 11.8 Å². The van der Waals surface area contributed by atoms with Crippen LogP contribution in [0.4, 0.5) is 5.69 Å². The second kappa shape index (κ2) is 8.53. The van der Waals surface area contributed by atoms with Gasteiger partial charge in [0.25, 0.3) is 5.91 Å². The summed E-state index contributed by atoms with van der Waals surface area (Å²) < 4.78 is 0. The summed E-state index contributed by atoms with van der Waals surface area (Å²) in [6, 6.07) is 5.20. The molecule has 0 saturated carbocycles. The molecule has 1 N–H and O–H groups in total. The average Bonchev–Trinajstić information content (AvgIpc) is 3.35. The predicted octanol–water partition coefficient (Wildman–Crippen LogP) is 0.257. The number of anilines is 1. The summed E-state index contributed by atoms with van der Waals surface area (Å²) in [6.45, 7) is 4.64. The number of nitrogens with zero attached hydrogens (tertiary/aromatic N) is 4. The van der Waals surface area contributed by atoms with Crippen LogP contribution in [-0.2, 0) is 14.4 Å². The molecule has 1 unspecified atom stereocenters. The maximum Gasteiger partial charge on any atom is 0.335 e. The monoisotopic (exact) mass is 414 g/mol. The van der Waals surface area contributed by atoms with E-state index >= 15 is 0 Å². The molecule has 3 fully saturated rings. The molecular formula is C21H26N4O5. The summed E-state index contributed by atoms with van der Waals surface area (Å²) in [5.74, 6) is -1.51. The van der Waals surface area contributed by atoms with E-state index in [4.69, 9.17) is 5.11 Å². The lowest BCUT2D eigenvalue weighted by Gasteiger charge is -2.37. The summed E-state index contributed by atoms with van der Waals surface area (Å²) in [6.07, 6.45) is 2.39. The third-order valence-corrected chi connectivity index (χ3v) is 6.16. The van der Waals surface area contributed by atoms with E-state index < -0.39 is 12.0 Å². The molecule has 0 aromatic heterocycles. The van der Waals surface area contributed by atoms with Gasteiger partial charge in [0.15, 0.2) is 0 Å². The zero-order valence-electron chi connectivity index (χ0n) is 16.8. The summed E-state index contributed by atoms with van der Waals surface area (Å²) in [4.78, 5) is 56.1. The van der Waals surface area contributed by atoms with Crippen LogP contribution in [0.25, 0.3) is 0 Å². The third kappa shape index (κ3) is 4.08. The Morgan fingerprint density at radius 2 is 1.57 bits per heavy atom. The highest BCUT2D eigenvalue weighted by Crippen LogP contribution is 2.26. The van der Waals surface area contributed by atoms with Crippen LogP contribution in [0, 0.1) is 0 Å². The lowest BCUT2D eigenvalue weighted by atomic mass is 10.1. The Hall–Kier alpha value is -2.78. The number of hydrogen-bond acceptors (Lipinski definition) is 6. The lowest BCUT2D eigenvalue weighted by molar-refractivity contribution is -0.134. The van der Waals surface area contributed by atoms with Gasteiger partial charge in [0.1, 0.15) is 0 Å². The van der Waals surface area contributed by atoms with E-state index in [2.05, 4.69) is 4.90 Å². The van der Waals surface area contributed by atoms with Gasteiger partial charge in [-0.1, -0.05) is 0 Å². The maximum absolute atomic E-state index is 12.9. The number of rotatable bonds is 5. The van der Waals surface area contributed by atoms with Crippen molar-refractivity contribution in [1.29, 1.82) is 0 Å². The van der Waals surface area contributed by atoms with Crippen LogP contribution >= 0.6 is 0 Å². The van der Waals surface area contributed by atoms with E-state index in [1.165, 1.54) is 24.3 Å². The van der Waals surface area contributed by atoms with Gasteiger partial charge in [-0.3, -0.25) is 24.2 Å². The smallest absolute Gasteiger partial charge is 0.335 e. The van der Waals surface area contributed by atoms with Crippen LogP contribution in [0.5, 0.6) is 0 Å². The normalized spacial score (nSPS) is 23.4. The van der Waals surface area contributed by atoms with Gasteiger partial charge in [-0.25, -0.2) is 9.69 Å². The van der Waals surface area contributed by atoms with Crippen molar-refractivity contribution in [3.8, 4) is 0 Å². The van der Waals surface area contributed by atoms with Crippen LogP contribution in [0.2, 0.25) is 0 Å². The van der Waals surface area contributed by atoms with E-state index in [0.717, 1.165) is 30.8 Å². The summed E-state index contributed by atoms with van der Waals surface area (Å²) in [7, 11) is 0. The molecule has 1 aromatic rings. The molecule has 3 aliphatic heterocycles. The van der Waals surface area contributed by atoms with E-state index in [-0.39, 0.29) is 29.7 Å². The van der Waals surface area contributed by atoms with Crippen LogP contribution < -0.4 is 4.90 Å². The van der Waals surface area contributed by atoms with Crippen molar-refractivity contribution in [3.63, 3.8) is 0 Å². The molecule has 3 aliphatic rings. The number of amides is 3. The van der Waals surface area contributed by atoms with E-state index in [1.54, 1.807) is 0 Å². The number of carbonyl (C=O) groups is 4. The molecule has 9 nitrogen and oxygen atoms in total. The van der Waals surface area contributed by atoms with Crippen molar-refractivity contribution in [1.82, 2.24) is 14.7 Å². The minimum atomic E-state index is -1.06. The van der Waals surface area contributed by atoms with Crippen molar-refractivity contribution in [2.75, 3.05) is 50.7 Å². The number of carboxylic acids is 1. The standard InChI is InChI=1S/C21H26N4O5/c26-18-13-17(20(28)25(18)16-5-3-15(4-6-16)21(29)30)23-9-11-24(12-10-23)19(27)14-22-7-1-2-8-22/h3-6,17H,1-2,7-14H2,(H,29,30). The fourth-order valence-electron chi connectivity index (χ4n) is 4.44. The average molecular weight is 414 g/mol. The van der Waals surface area contributed by atoms with Crippen LogP contribution in [0.1, 0.15) is 29.6 Å². The summed E-state index contributed by atoms with van der Waals surface area (Å²) >= 11 is 0. The highest BCUT2D eigenvalue weighted by atomic mass is 16.4. The number of carbonyl (C=O) groups excluding carboxylic acids is 3. The van der Waals surface area contributed by atoms with Crippen molar-refractivity contribution in [2.45, 2.75) is 25.3 Å². The quantitative estimate of drug-likeness (QED) is 0.690. The SMILES string of the molecule is O=C(O)c1ccc(N2C(=O)CC(N3CCN(C(=O)CN4CCCC4)CC3)C2=O)cc1. The summed E-state index contributed by atoms with van der Waals surface area (Å²) in [5.41, 5.74) is 0.487. The number of piperazine rings is 1. The first-order valence-electron chi connectivity index (χ1n) is 10.4. The zero-order chi connectivity index (χ0) is 21.3. The molecule has 0 bridgehead atoms. The summed E-state index contributed by atoms with van der Waals surface area (Å²) in [5, 5.41) is 9.01. The van der Waals surface area contributed by atoms with Crippen molar-refractivity contribution in [3.05, 3.63) is 29.8 Å². The molecule has 1 aromatic carbocycles. The van der Waals surface area contributed by atoms with E-state index in [9.17, 15) is 19.2 Å². The van der Waals surface area contributed by atoms with Crippen LogP contribution in [0.3, 0.4) is 0 Å². The van der Waals surface area contributed by atoms with E-state index in [1.807, 2.05) is 9.80 Å². The van der Waals surface area contributed by atoms with Gasteiger partial charge < -0.3 is 10.0 Å². The minimum Gasteiger partial charge on any atom is -0.478 e. The predicted molar refractivity (Wildman–Crippen MR) is 108 cm³/mol. The molecule has 9 heteroatoms. The molecule has 3 amide bonds. The molecule has 160 valence electrons. The lowest BCUT2D eigenvalue weighted by Crippen LogP contribution is -2.55. The zero-order valence-corrected chi connectivity index (χ0v) is 16.8. The Labute approximate surface area is 174 Å². The Kier molecular flexibility index (Phi) is 5.83. The number of hydrogen-bond donors (Lipinski definition) is 1. The third-order valence-electron chi connectivity index (χ3n) is 6.16. The van der Waals surface area contributed by atoms with Gasteiger partial charge in [0, 0.05) is 26.2 Å². The topological polar surface area (TPSA) is 101 Å². The molecule has 3 heterocycles. The van der Waals surface area contributed by atoms with Gasteiger partial charge in [-0.2, -0.15) is 0 Å². The fourth-order valence-corrected chi connectivity index (χ4v) is 4.44. The molecule has 30 heavy (non-hydrogen) atoms. The van der Waals surface area contributed by atoms with Crippen molar-refractivity contribution in [2.24, 2.45) is 0 Å². The fraction of sp³-hybridized carbons (Fsp3) is 0.524.